The third-order valence-corrected chi connectivity index (χ3v) is 2.00. The van der Waals surface area contributed by atoms with Gasteiger partial charge in [-0.2, -0.15) is 0 Å². The van der Waals surface area contributed by atoms with Crippen LogP contribution in [0.15, 0.2) is 17.3 Å². The Kier molecular flexibility index (Phi) is 4.25. The van der Waals surface area contributed by atoms with E-state index >= 15 is 0 Å². The van der Waals surface area contributed by atoms with Gasteiger partial charge in [0.1, 0.15) is 5.56 Å². The number of carbonyl (C=O) groups is 1. The molecular weight excluding hydrogens is 230 g/mol. The van der Waals surface area contributed by atoms with E-state index in [0.29, 0.717) is 0 Å². The molecule has 0 saturated heterocycles. The molecule has 1 aromatic heterocycles. The minimum atomic E-state index is -0.552. The number of halogens is 1. The van der Waals surface area contributed by atoms with Gasteiger partial charge >= 0.3 is 5.97 Å². The maximum atomic E-state index is 11.5. The van der Waals surface area contributed by atoms with Crippen LogP contribution >= 0.6 is 11.6 Å². The lowest BCUT2D eigenvalue weighted by Gasteiger charge is -2.06. The molecule has 0 unspecified atom stereocenters. The molecule has 0 aliphatic rings. The van der Waals surface area contributed by atoms with Gasteiger partial charge in [0.2, 0.25) is 0 Å². The molecule has 0 N–H and O–H groups in total. The molecule has 0 aromatic carbocycles. The first-order valence-corrected chi connectivity index (χ1v) is 4.87. The van der Waals surface area contributed by atoms with Crippen molar-refractivity contribution in [2.75, 3.05) is 21.2 Å². The second-order valence-electron chi connectivity index (χ2n) is 3.19. The van der Waals surface area contributed by atoms with Gasteiger partial charge in [-0.25, -0.2) is 14.8 Å². The van der Waals surface area contributed by atoms with Crippen LogP contribution in [0.4, 0.5) is 5.82 Å². The number of methoxy groups -OCH3 is 1. The Labute approximate surface area is 98.7 Å². The molecule has 1 aromatic rings. The molecule has 0 aliphatic carbocycles. The van der Waals surface area contributed by atoms with Crippen LogP contribution < -0.4 is 0 Å². The first-order chi connectivity index (χ1) is 7.56. The smallest absolute Gasteiger partial charge is 0.343 e. The van der Waals surface area contributed by atoms with Gasteiger partial charge in [0.05, 0.1) is 18.5 Å². The van der Waals surface area contributed by atoms with Crippen molar-refractivity contribution in [2.24, 2.45) is 4.99 Å². The second kappa shape index (κ2) is 5.46. The van der Waals surface area contributed by atoms with E-state index < -0.39 is 5.97 Å². The van der Waals surface area contributed by atoms with Gasteiger partial charge < -0.3 is 9.64 Å². The fraction of sp³-hybridized carbons (Fsp3) is 0.300. The average molecular weight is 242 g/mol. The Hall–Kier alpha value is -1.62. The third-order valence-electron chi connectivity index (χ3n) is 1.68. The summed E-state index contributed by atoms with van der Waals surface area (Å²) in [6, 6.07) is 1.52. The Morgan fingerprint density at radius 3 is 2.88 bits per heavy atom. The van der Waals surface area contributed by atoms with E-state index in [9.17, 15) is 4.79 Å². The van der Waals surface area contributed by atoms with Crippen LogP contribution in [-0.2, 0) is 4.74 Å². The molecular formula is C10H12ClN3O2. The number of aliphatic imine (C=N–C) groups is 1. The highest BCUT2D eigenvalue weighted by atomic mass is 35.5. The number of esters is 1. The number of aromatic nitrogens is 1. The van der Waals surface area contributed by atoms with Gasteiger partial charge in [0.25, 0.3) is 0 Å². The summed E-state index contributed by atoms with van der Waals surface area (Å²) in [6.45, 7) is 0. The number of nitrogens with zero attached hydrogens (tertiary/aromatic N) is 3. The van der Waals surface area contributed by atoms with E-state index in [1.165, 1.54) is 25.7 Å². The molecule has 1 rings (SSSR count). The molecule has 0 saturated carbocycles. The molecule has 86 valence electrons. The summed E-state index contributed by atoms with van der Waals surface area (Å²) in [5, 5.41) is 0.271. The quantitative estimate of drug-likeness (QED) is 0.460. The lowest BCUT2D eigenvalue weighted by atomic mass is 10.2. The second-order valence-corrected chi connectivity index (χ2v) is 3.60. The lowest BCUT2D eigenvalue weighted by Crippen LogP contribution is -2.08. The zero-order valence-electron chi connectivity index (χ0n) is 9.27. The highest BCUT2D eigenvalue weighted by Gasteiger charge is 2.16. The summed E-state index contributed by atoms with van der Waals surface area (Å²) >= 11 is 5.89. The molecule has 0 spiro atoms. The van der Waals surface area contributed by atoms with Crippen LogP contribution in [0.3, 0.4) is 0 Å². The number of carbonyl (C=O) groups excluding carboxylic acids is 1. The lowest BCUT2D eigenvalue weighted by molar-refractivity contribution is 0.0601. The van der Waals surface area contributed by atoms with Gasteiger partial charge in [0.15, 0.2) is 5.82 Å². The Bertz CT molecular complexity index is 419. The zero-order chi connectivity index (χ0) is 12.1. The molecule has 16 heavy (non-hydrogen) atoms. The molecule has 0 radical (unpaired) electrons. The number of hydrogen-bond donors (Lipinski definition) is 0. The van der Waals surface area contributed by atoms with E-state index in [1.54, 1.807) is 4.90 Å². The van der Waals surface area contributed by atoms with E-state index in [1.807, 2.05) is 14.1 Å². The van der Waals surface area contributed by atoms with Gasteiger partial charge in [0, 0.05) is 20.3 Å². The molecule has 6 heteroatoms. The first-order valence-electron chi connectivity index (χ1n) is 4.49. The molecule has 0 amide bonds. The third kappa shape index (κ3) is 2.93. The van der Waals surface area contributed by atoms with Crippen LogP contribution in [0.2, 0.25) is 5.02 Å². The fourth-order valence-corrected chi connectivity index (χ4v) is 1.20. The predicted octanol–water partition coefficient (Wildman–Crippen LogP) is 1.74. The predicted molar refractivity (Wildman–Crippen MR) is 62.4 cm³/mol. The van der Waals surface area contributed by atoms with Crippen LogP contribution in [0.1, 0.15) is 10.4 Å². The van der Waals surface area contributed by atoms with Crippen molar-refractivity contribution in [2.45, 2.75) is 0 Å². The Morgan fingerprint density at radius 1 is 1.62 bits per heavy atom. The van der Waals surface area contributed by atoms with Crippen LogP contribution in [0, 0.1) is 0 Å². The average Bonchev–Trinajstić information content (AvgIpc) is 2.25. The zero-order valence-corrected chi connectivity index (χ0v) is 10.0. The Balaban J connectivity index is 3.18. The minimum absolute atomic E-state index is 0.171. The van der Waals surface area contributed by atoms with Crippen LogP contribution in [0.25, 0.3) is 0 Å². The van der Waals surface area contributed by atoms with E-state index in [-0.39, 0.29) is 16.4 Å². The monoisotopic (exact) mass is 241 g/mol. The molecule has 0 atom stereocenters. The van der Waals surface area contributed by atoms with Gasteiger partial charge in [-0.05, 0) is 6.07 Å². The van der Waals surface area contributed by atoms with E-state index in [2.05, 4.69) is 14.7 Å². The van der Waals surface area contributed by atoms with Crippen molar-refractivity contribution in [3.8, 4) is 0 Å². The van der Waals surface area contributed by atoms with Crippen molar-refractivity contribution in [3.05, 3.63) is 22.8 Å². The number of hydrogen-bond acceptors (Lipinski definition) is 4. The summed E-state index contributed by atoms with van der Waals surface area (Å²) in [6.07, 6.45) is 3.02. The molecule has 0 aliphatic heterocycles. The normalized spacial score (nSPS) is 10.5. The summed E-state index contributed by atoms with van der Waals surface area (Å²) < 4.78 is 4.61. The summed E-state index contributed by atoms with van der Waals surface area (Å²) in [4.78, 5) is 21.2. The fourth-order valence-electron chi connectivity index (χ4n) is 0.987. The standard InChI is InChI=1S/C10H12ClN3O2/c1-14(2)6-13-9-8(10(15)16-3)7(11)4-5-12-9/h4-6H,1-3H3. The highest BCUT2D eigenvalue weighted by molar-refractivity contribution is 6.34. The summed E-state index contributed by atoms with van der Waals surface area (Å²) in [5.74, 6) is -0.308. The summed E-state index contributed by atoms with van der Waals surface area (Å²) in [5.41, 5.74) is 0.171. The molecule has 5 nitrogen and oxygen atoms in total. The highest BCUT2D eigenvalue weighted by Crippen LogP contribution is 2.24. The topological polar surface area (TPSA) is 54.8 Å². The van der Waals surface area contributed by atoms with E-state index in [4.69, 9.17) is 11.6 Å². The van der Waals surface area contributed by atoms with Crippen molar-refractivity contribution >= 4 is 29.7 Å². The van der Waals surface area contributed by atoms with Gasteiger partial charge in [-0.1, -0.05) is 11.6 Å². The summed E-state index contributed by atoms with van der Waals surface area (Å²) in [7, 11) is 4.91. The van der Waals surface area contributed by atoms with Crippen LogP contribution in [0.5, 0.6) is 0 Å². The number of pyridine rings is 1. The number of rotatable bonds is 3. The van der Waals surface area contributed by atoms with Crippen molar-refractivity contribution in [3.63, 3.8) is 0 Å². The Morgan fingerprint density at radius 2 is 2.31 bits per heavy atom. The van der Waals surface area contributed by atoms with Crippen LogP contribution in [-0.4, -0.2) is 43.4 Å². The molecule has 0 bridgehead atoms. The maximum Gasteiger partial charge on any atom is 0.343 e. The molecule has 1 heterocycles. The van der Waals surface area contributed by atoms with Crippen molar-refractivity contribution in [1.82, 2.24) is 9.88 Å². The van der Waals surface area contributed by atoms with Gasteiger partial charge in [-0.15, -0.1) is 0 Å². The van der Waals surface area contributed by atoms with Crippen molar-refractivity contribution < 1.29 is 9.53 Å². The van der Waals surface area contributed by atoms with Gasteiger partial charge in [-0.3, -0.25) is 0 Å². The SMILES string of the molecule is COC(=O)c1c(Cl)ccnc1N=CN(C)C. The van der Waals surface area contributed by atoms with Crippen molar-refractivity contribution in [1.29, 1.82) is 0 Å². The maximum absolute atomic E-state index is 11.5. The number of ether oxygens (including phenoxy) is 1. The van der Waals surface area contributed by atoms with E-state index in [0.717, 1.165) is 0 Å². The largest absolute Gasteiger partial charge is 0.465 e. The molecule has 0 fully saturated rings. The first kappa shape index (κ1) is 12.4. The minimum Gasteiger partial charge on any atom is -0.465 e.